The number of aliphatic imine (C=N–C) groups is 1. The van der Waals surface area contributed by atoms with Crippen LogP contribution in [0.15, 0.2) is 35.3 Å². The highest BCUT2D eigenvalue weighted by atomic mass is 16.5. The highest BCUT2D eigenvalue weighted by Crippen LogP contribution is 2.76. The molecule has 2 heterocycles. The number of ether oxygens (including phenoxy) is 1. The van der Waals surface area contributed by atoms with E-state index in [0.717, 1.165) is 46.6 Å². The Balaban J connectivity index is 1.35. The lowest BCUT2D eigenvalue weighted by Crippen LogP contribution is -2.56. The number of aromatic amines is 1. The number of aromatic nitrogens is 1. The molecule has 8 heteroatoms. The summed E-state index contributed by atoms with van der Waals surface area (Å²) in [7, 11) is 0. The van der Waals surface area contributed by atoms with E-state index >= 15 is 0 Å². The number of aliphatic hydroxyl groups is 1. The monoisotopic (exact) mass is 457 g/mol. The van der Waals surface area contributed by atoms with Crippen LogP contribution >= 0.6 is 0 Å². The summed E-state index contributed by atoms with van der Waals surface area (Å²) in [6.45, 7) is 0.962. The molecular weight excluding hydrogens is 430 g/mol. The van der Waals surface area contributed by atoms with Crippen molar-refractivity contribution in [3.63, 3.8) is 0 Å². The fraction of sp³-hybridized carbons (Fsp3) is 0.423. The van der Waals surface area contributed by atoms with E-state index in [1.54, 1.807) is 6.07 Å². The molecule has 2 aromatic carbocycles. The second kappa shape index (κ2) is 5.70. The molecule has 4 atom stereocenters. The lowest BCUT2D eigenvalue weighted by Gasteiger charge is -2.47. The number of H-pyrrole nitrogens is 1. The van der Waals surface area contributed by atoms with E-state index in [4.69, 9.17) is 16.2 Å². The number of benzene rings is 2. The number of hydrogen-bond acceptors (Lipinski definition) is 5. The number of hydrogen-bond donors (Lipinski definition) is 6. The molecule has 5 aliphatic rings. The Hall–Kier alpha value is -3.23. The molecule has 3 aromatic rings. The van der Waals surface area contributed by atoms with Crippen LogP contribution in [0.25, 0.3) is 10.9 Å². The Kier molecular flexibility index (Phi) is 3.20. The lowest BCUT2D eigenvalue weighted by molar-refractivity contribution is -0.0676. The summed E-state index contributed by atoms with van der Waals surface area (Å²) >= 11 is 0. The van der Waals surface area contributed by atoms with Crippen LogP contribution in [0.1, 0.15) is 54.2 Å². The van der Waals surface area contributed by atoms with E-state index in [1.165, 1.54) is 18.4 Å². The van der Waals surface area contributed by atoms with E-state index in [2.05, 4.69) is 15.3 Å². The Morgan fingerprint density at radius 3 is 2.85 bits per heavy atom. The average molecular weight is 458 g/mol. The van der Waals surface area contributed by atoms with Crippen LogP contribution in [-0.4, -0.2) is 33.3 Å². The van der Waals surface area contributed by atoms with Gasteiger partial charge in [0.05, 0.1) is 22.4 Å². The van der Waals surface area contributed by atoms with Crippen LogP contribution in [0.2, 0.25) is 0 Å². The summed E-state index contributed by atoms with van der Waals surface area (Å²) in [6.07, 6.45) is 4.06. The van der Waals surface area contributed by atoms with Crippen molar-refractivity contribution in [2.45, 2.75) is 54.8 Å². The first-order valence-electron chi connectivity index (χ1n) is 12.1. The van der Waals surface area contributed by atoms with Gasteiger partial charge in [-0.2, -0.15) is 0 Å². The molecule has 0 radical (unpaired) electrons. The largest absolute Gasteiger partial charge is 0.504 e. The molecule has 34 heavy (non-hydrogen) atoms. The van der Waals surface area contributed by atoms with Gasteiger partial charge in [0, 0.05) is 28.4 Å². The zero-order valence-corrected chi connectivity index (χ0v) is 18.7. The fourth-order valence-electron chi connectivity index (χ4n) is 7.68. The van der Waals surface area contributed by atoms with Gasteiger partial charge in [0.25, 0.3) is 0 Å². The van der Waals surface area contributed by atoms with E-state index in [9.17, 15) is 10.2 Å². The number of rotatable bonds is 4. The Labute approximate surface area is 196 Å². The first kappa shape index (κ1) is 19.1. The van der Waals surface area contributed by atoms with Gasteiger partial charge in [-0.3, -0.25) is 0 Å². The topological polar surface area (TPSA) is 142 Å². The molecular formula is C26H27N5O3. The number of nitrogens with zero attached hydrogens (tertiary/aromatic N) is 1. The molecule has 1 aromatic heterocycles. The third-order valence-electron chi connectivity index (χ3n) is 9.13. The van der Waals surface area contributed by atoms with Crippen molar-refractivity contribution in [3.05, 3.63) is 52.7 Å². The van der Waals surface area contributed by atoms with Crippen molar-refractivity contribution < 1.29 is 14.9 Å². The molecule has 4 unspecified atom stereocenters. The van der Waals surface area contributed by atoms with Crippen LogP contribution in [-0.2, 0) is 17.4 Å². The maximum atomic E-state index is 12.4. The van der Waals surface area contributed by atoms with Gasteiger partial charge < -0.3 is 36.7 Å². The summed E-state index contributed by atoms with van der Waals surface area (Å²) in [6, 6.07) is 9.58. The first-order chi connectivity index (χ1) is 16.3. The third kappa shape index (κ3) is 2.06. The highest BCUT2D eigenvalue weighted by molar-refractivity contribution is 5.90. The normalized spacial score (nSPS) is 33.6. The summed E-state index contributed by atoms with van der Waals surface area (Å²) in [5.41, 5.74) is 15.2. The molecule has 2 fully saturated rings. The SMILES string of the molecule is NC(N)=Nc1ccc2[nH]c3c(c2c1)CC1(O)CC2(NCC4CC4)CC14c1c2ccc(O)c1OC34. The lowest BCUT2D eigenvalue weighted by atomic mass is 9.59. The van der Waals surface area contributed by atoms with Gasteiger partial charge in [-0.1, -0.05) is 6.07 Å². The zero-order valence-electron chi connectivity index (χ0n) is 18.7. The molecule has 2 bridgehead atoms. The van der Waals surface area contributed by atoms with E-state index < -0.39 is 17.1 Å². The van der Waals surface area contributed by atoms with Crippen LogP contribution in [0.4, 0.5) is 5.69 Å². The predicted molar refractivity (Wildman–Crippen MR) is 127 cm³/mol. The van der Waals surface area contributed by atoms with E-state index in [1.807, 2.05) is 24.3 Å². The van der Waals surface area contributed by atoms with Gasteiger partial charge in [-0.15, -0.1) is 0 Å². The Morgan fingerprint density at radius 2 is 2.06 bits per heavy atom. The summed E-state index contributed by atoms with van der Waals surface area (Å²) < 4.78 is 6.54. The van der Waals surface area contributed by atoms with Gasteiger partial charge in [0.2, 0.25) is 0 Å². The van der Waals surface area contributed by atoms with Crippen molar-refractivity contribution in [1.82, 2.24) is 10.3 Å². The standard InChI is InChI=1S/C26H27N5O3/c27-23(28)30-13-3-5-17-14(7-13)15-8-25(33)10-24(29-9-12-1-2-12)11-26(25)19-16(24)4-6-18(32)21(19)34-22(26)20(15)31-17/h3-7,12,22,29,31-33H,1-2,8-11H2,(H4,27,28,30). The fourth-order valence-corrected chi connectivity index (χ4v) is 7.68. The molecule has 8 rings (SSSR count). The number of fused-ring (bicyclic) bond motifs is 6. The number of nitrogens with two attached hydrogens (primary N) is 2. The molecule has 174 valence electrons. The number of nitrogens with one attached hydrogen (secondary N) is 2. The second-order valence-corrected chi connectivity index (χ2v) is 11.1. The predicted octanol–water partition coefficient (Wildman–Crippen LogP) is 2.44. The maximum Gasteiger partial charge on any atom is 0.191 e. The molecule has 1 aliphatic heterocycles. The smallest absolute Gasteiger partial charge is 0.191 e. The molecule has 0 saturated heterocycles. The van der Waals surface area contributed by atoms with Gasteiger partial charge >= 0.3 is 0 Å². The third-order valence-corrected chi connectivity index (χ3v) is 9.13. The van der Waals surface area contributed by atoms with Gasteiger partial charge in [0.1, 0.15) is 0 Å². The quantitative estimate of drug-likeness (QED) is 0.262. The van der Waals surface area contributed by atoms with E-state index in [-0.39, 0.29) is 17.2 Å². The first-order valence-corrected chi connectivity index (χ1v) is 12.1. The van der Waals surface area contributed by atoms with Crippen LogP contribution in [0, 0.1) is 5.92 Å². The molecule has 1 spiro atoms. The number of aromatic hydroxyl groups is 1. The van der Waals surface area contributed by atoms with Crippen LogP contribution < -0.4 is 21.5 Å². The van der Waals surface area contributed by atoms with Crippen molar-refractivity contribution in [2.75, 3.05) is 6.54 Å². The van der Waals surface area contributed by atoms with Gasteiger partial charge in [-0.25, -0.2) is 4.99 Å². The average Bonchev–Trinajstić information content (AvgIpc) is 3.27. The van der Waals surface area contributed by atoms with Crippen molar-refractivity contribution in [2.24, 2.45) is 22.4 Å². The Bertz CT molecular complexity index is 1450. The summed E-state index contributed by atoms with van der Waals surface area (Å²) in [5.74, 6) is 1.41. The maximum absolute atomic E-state index is 12.4. The second-order valence-electron chi connectivity index (χ2n) is 11.1. The summed E-state index contributed by atoms with van der Waals surface area (Å²) in [5, 5.41) is 28.1. The van der Waals surface area contributed by atoms with Crippen LogP contribution in [0.5, 0.6) is 11.5 Å². The number of phenols is 1. The molecule has 0 amide bonds. The van der Waals surface area contributed by atoms with Gasteiger partial charge in [0.15, 0.2) is 23.6 Å². The minimum atomic E-state index is -0.992. The summed E-state index contributed by atoms with van der Waals surface area (Å²) in [4.78, 5) is 7.80. The zero-order chi connectivity index (χ0) is 23.0. The van der Waals surface area contributed by atoms with Crippen molar-refractivity contribution in [1.29, 1.82) is 0 Å². The Morgan fingerprint density at radius 1 is 1.21 bits per heavy atom. The molecule has 4 aliphatic carbocycles. The van der Waals surface area contributed by atoms with Crippen LogP contribution in [0.3, 0.4) is 0 Å². The minimum absolute atomic E-state index is 0.00990. The minimum Gasteiger partial charge on any atom is -0.504 e. The molecule has 8 nitrogen and oxygen atoms in total. The van der Waals surface area contributed by atoms with Crippen molar-refractivity contribution >= 4 is 22.5 Å². The van der Waals surface area contributed by atoms with E-state index in [0.29, 0.717) is 24.3 Å². The number of phenolic OH excluding ortho intramolecular Hbond substituents is 1. The molecule has 8 N–H and O–H groups in total. The number of guanidine groups is 1. The van der Waals surface area contributed by atoms with Gasteiger partial charge in [-0.05, 0) is 73.5 Å². The van der Waals surface area contributed by atoms with Crippen molar-refractivity contribution in [3.8, 4) is 11.5 Å². The highest BCUT2D eigenvalue weighted by Gasteiger charge is 2.78. The molecule has 2 saturated carbocycles.